The van der Waals surface area contributed by atoms with Gasteiger partial charge < -0.3 is 14.6 Å². The molecule has 1 aliphatic rings. The number of amides is 1. The minimum atomic E-state index is 0. The average molecular weight is 245 g/mol. The minimum Gasteiger partial charge on any atom is -0.459 e. The largest absolute Gasteiger partial charge is 0.459 e. The van der Waals surface area contributed by atoms with Crippen LogP contribution in [0.4, 0.5) is 0 Å². The standard InChI is InChI=1S/C11H16N2O2.ClH/c1-8-3-6-15-10(8)11(14)13-5-4-12-7-9(13)2;/h3,6,9,12H,4-5,7H2,1-2H3;1H. The smallest absolute Gasteiger partial charge is 0.290 e. The molecule has 1 N–H and O–H groups in total. The molecule has 1 saturated heterocycles. The molecule has 2 heterocycles. The lowest BCUT2D eigenvalue weighted by Crippen LogP contribution is -2.52. The van der Waals surface area contributed by atoms with E-state index in [1.54, 1.807) is 6.26 Å². The van der Waals surface area contributed by atoms with E-state index < -0.39 is 0 Å². The van der Waals surface area contributed by atoms with Crippen LogP contribution in [0.25, 0.3) is 0 Å². The molecule has 0 bridgehead atoms. The van der Waals surface area contributed by atoms with Crippen LogP contribution >= 0.6 is 12.4 Å². The topological polar surface area (TPSA) is 45.5 Å². The molecule has 0 radical (unpaired) electrons. The molecule has 0 aromatic carbocycles. The lowest BCUT2D eigenvalue weighted by atomic mass is 10.2. The van der Waals surface area contributed by atoms with Gasteiger partial charge in [-0.3, -0.25) is 4.79 Å². The van der Waals surface area contributed by atoms with Crippen LogP contribution < -0.4 is 5.32 Å². The van der Waals surface area contributed by atoms with Crippen LogP contribution in [0.3, 0.4) is 0 Å². The molecule has 0 spiro atoms. The highest BCUT2D eigenvalue weighted by atomic mass is 35.5. The molecule has 1 amide bonds. The maximum Gasteiger partial charge on any atom is 0.290 e. The van der Waals surface area contributed by atoms with Gasteiger partial charge in [0.25, 0.3) is 5.91 Å². The third kappa shape index (κ3) is 2.39. The van der Waals surface area contributed by atoms with Crippen molar-refractivity contribution in [2.75, 3.05) is 19.6 Å². The number of rotatable bonds is 1. The van der Waals surface area contributed by atoms with Crippen molar-refractivity contribution in [3.05, 3.63) is 23.7 Å². The normalized spacial score (nSPS) is 20.4. The minimum absolute atomic E-state index is 0. The van der Waals surface area contributed by atoms with Gasteiger partial charge in [0.15, 0.2) is 5.76 Å². The van der Waals surface area contributed by atoms with Crippen LogP contribution in [0.2, 0.25) is 0 Å². The predicted octanol–water partition coefficient (Wildman–Crippen LogP) is 1.44. The van der Waals surface area contributed by atoms with E-state index in [9.17, 15) is 4.79 Å². The second kappa shape index (κ2) is 5.37. The van der Waals surface area contributed by atoms with Crippen LogP contribution in [0.5, 0.6) is 0 Å². The number of aryl methyl sites for hydroxylation is 1. The number of hydrogen-bond donors (Lipinski definition) is 1. The molecule has 0 saturated carbocycles. The fraction of sp³-hybridized carbons (Fsp3) is 0.545. The zero-order valence-corrected chi connectivity index (χ0v) is 10.3. The van der Waals surface area contributed by atoms with Crippen LogP contribution in [-0.4, -0.2) is 36.5 Å². The van der Waals surface area contributed by atoms with Gasteiger partial charge in [0.05, 0.1) is 6.26 Å². The van der Waals surface area contributed by atoms with Gasteiger partial charge in [-0.2, -0.15) is 0 Å². The molecule has 16 heavy (non-hydrogen) atoms. The van der Waals surface area contributed by atoms with E-state index in [4.69, 9.17) is 4.42 Å². The first-order valence-electron chi connectivity index (χ1n) is 5.26. The second-order valence-corrected chi connectivity index (χ2v) is 3.98. The fourth-order valence-electron chi connectivity index (χ4n) is 1.87. The maximum absolute atomic E-state index is 12.1. The summed E-state index contributed by atoms with van der Waals surface area (Å²) in [6, 6.07) is 2.05. The van der Waals surface area contributed by atoms with Crippen molar-refractivity contribution in [2.45, 2.75) is 19.9 Å². The van der Waals surface area contributed by atoms with Crippen LogP contribution in [-0.2, 0) is 0 Å². The first-order chi connectivity index (χ1) is 7.20. The van der Waals surface area contributed by atoms with Gasteiger partial charge in [0.2, 0.25) is 0 Å². The van der Waals surface area contributed by atoms with Crippen LogP contribution in [0, 0.1) is 6.92 Å². The number of carbonyl (C=O) groups excluding carboxylic acids is 1. The number of carbonyl (C=O) groups is 1. The Hall–Kier alpha value is -1.00. The third-order valence-corrected chi connectivity index (χ3v) is 2.82. The summed E-state index contributed by atoms with van der Waals surface area (Å²) in [5, 5.41) is 3.25. The molecular weight excluding hydrogens is 228 g/mol. The molecule has 5 heteroatoms. The Balaban J connectivity index is 0.00000128. The van der Waals surface area contributed by atoms with E-state index in [0.29, 0.717) is 5.76 Å². The zero-order valence-electron chi connectivity index (χ0n) is 9.53. The van der Waals surface area contributed by atoms with E-state index in [1.807, 2.05) is 24.8 Å². The third-order valence-electron chi connectivity index (χ3n) is 2.82. The molecule has 4 nitrogen and oxygen atoms in total. The first-order valence-corrected chi connectivity index (χ1v) is 5.26. The summed E-state index contributed by atoms with van der Waals surface area (Å²) in [4.78, 5) is 14.0. The molecule has 90 valence electrons. The van der Waals surface area contributed by atoms with Crippen molar-refractivity contribution in [2.24, 2.45) is 0 Å². The molecule has 1 aromatic heterocycles. The number of furan rings is 1. The Bertz CT molecular complexity index is 365. The lowest BCUT2D eigenvalue weighted by Gasteiger charge is -2.33. The van der Waals surface area contributed by atoms with Gasteiger partial charge >= 0.3 is 0 Å². The summed E-state index contributed by atoms with van der Waals surface area (Å²) in [6.45, 7) is 6.40. The van der Waals surface area contributed by atoms with Gasteiger partial charge in [0, 0.05) is 31.2 Å². The molecule has 1 aromatic rings. The van der Waals surface area contributed by atoms with Crippen molar-refractivity contribution in [1.29, 1.82) is 0 Å². The molecule has 1 aliphatic heterocycles. The highest BCUT2D eigenvalue weighted by Crippen LogP contribution is 2.14. The SMILES string of the molecule is Cc1ccoc1C(=O)N1CCNCC1C.Cl. The maximum atomic E-state index is 12.1. The summed E-state index contributed by atoms with van der Waals surface area (Å²) in [7, 11) is 0. The highest BCUT2D eigenvalue weighted by Gasteiger charge is 2.26. The van der Waals surface area contributed by atoms with E-state index in [1.165, 1.54) is 0 Å². The quantitative estimate of drug-likeness (QED) is 0.813. The summed E-state index contributed by atoms with van der Waals surface area (Å²) < 4.78 is 5.22. The summed E-state index contributed by atoms with van der Waals surface area (Å²) in [6.07, 6.45) is 1.56. The van der Waals surface area contributed by atoms with Gasteiger partial charge in [0.1, 0.15) is 0 Å². The Morgan fingerprint density at radius 2 is 2.38 bits per heavy atom. The van der Waals surface area contributed by atoms with Crippen LogP contribution in [0.1, 0.15) is 23.0 Å². The molecule has 0 aliphatic carbocycles. The summed E-state index contributed by atoms with van der Waals surface area (Å²) >= 11 is 0. The predicted molar refractivity (Wildman–Crippen MR) is 64.1 cm³/mol. The van der Waals surface area contributed by atoms with E-state index in [0.717, 1.165) is 25.2 Å². The van der Waals surface area contributed by atoms with E-state index in [2.05, 4.69) is 5.32 Å². The Kier molecular flexibility index (Phi) is 4.38. The monoisotopic (exact) mass is 244 g/mol. The summed E-state index contributed by atoms with van der Waals surface area (Å²) in [5.41, 5.74) is 0.908. The first kappa shape index (κ1) is 13.1. The second-order valence-electron chi connectivity index (χ2n) is 3.98. The number of halogens is 1. The van der Waals surface area contributed by atoms with E-state index in [-0.39, 0.29) is 24.4 Å². The highest BCUT2D eigenvalue weighted by molar-refractivity contribution is 5.93. The number of piperazine rings is 1. The van der Waals surface area contributed by atoms with Gasteiger partial charge in [-0.15, -0.1) is 12.4 Å². The fourth-order valence-corrected chi connectivity index (χ4v) is 1.87. The van der Waals surface area contributed by atoms with Crippen molar-refractivity contribution < 1.29 is 9.21 Å². The van der Waals surface area contributed by atoms with Gasteiger partial charge in [-0.05, 0) is 19.9 Å². The molecule has 2 rings (SSSR count). The number of hydrogen-bond acceptors (Lipinski definition) is 3. The Morgan fingerprint density at radius 1 is 1.62 bits per heavy atom. The molecule has 1 atom stereocenters. The summed E-state index contributed by atoms with van der Waals surface area (Å²) in [5.74, 6) is 0.482. The zero-order chi connectivity index (χ0) is 10.8. The van der Waals surface area contributed by atoms with Crippen molar-refractivity contribution in [1.82, 2.24) is 10.2 Å². The molecule has 1 unspecified atom stereocenters. The number of nitrogens with one attached hydrogen (secondary N) is 1. The van der Waals surface area contributed by atoms with Crippen molar-refractivity contribution in [3.63, 3.8) is 0 Å². The van der Waals surface area contributed by atoms with Gasteiger partial charge in [-0.1, -0.05) is 0 Å². The average Bonchev–Trinajstić information content (AvgIpc) is 2.64. The van der Waals surface area contributed by atoms with Gasteiger partial charge in [-0.25, -0.2) is 0 Å². The van der Waals surface area contributed by atoms with Crippen molar-refractivity contribution in [3.8, 4) is 0 Å². The molecule has 1 fully saturated rings. The van der Waals surface area contributed by atoms with Crippen LogP contribution in [0.15, 0.2) is 16.7 Å². The number of nitrogens with zero attached hydrogens (tertiary/aromatic N) is 1. The molecular formula is C11H17ClN2O2. The Labute approximate surface area is 101 Å². The lowest BCUT2D eigenvalue weighted by molar-refractivity contribution is 0.0622. The van der Waals surface area contributed by atoms with E-state index >= 15 is 0 Å². The van der Waals surface area contributed by atoms with Crippen molar-refractivity contribution >= 4 is 18.3 Å². The Morgan fingerprint density at radius 3 is 2.94 bits per heavy atom.